The molecule has 0 saturated carbocycles. The third-order valence-corrected chi connectivity index (χ3v) is 3.54. The van der Waals surface area contributed by atoms with Crippen LogP contribution in [0.5, 0.6) is 0 Å². The summed E-state index contributed by atoms with van der Waals surface area (Å²) in [6.07, 6.45) is -0.421. The number of aliphatic hydroxyl groups excluding tert-OH is 1. The van der Waals surface area contributed by atoms with Crippen LogP contribution in [-0.2, 0) is 19.1 Å². The number of nitrogens with zero attached hydrogens (tertiary/aromatic N) is 1. The van der Waals surface area contributed by atoms with Crippen LogP contribution >= 0.6 is 15.9 Å². The summed E-state index contributed by atoms with van der Waals surface area (Å²) in [5, 5.41) is 12.2. The van der Waals surface area contributed by atoms with Crippen LogP contribution in [0.4, 0.5) is 0 Å². The zero-order chi connectivity index (χ0) is 16.2. The fourth-order valence-corrected chi connectivity index (χ4v) is 2.56. The monoisotopic (exact) mass is 362 g/mol. The standard InChI is InChI=1S/C13H19BrN2O5/c1-7(14)4-10(13(20)21-3)15-12(19)11-5-9(18)6-16(11)8(2)17/h9-11,18H,1,4-6H2,2-3H3,(H,15,19)/t9-,10-,11+/m1/s1. The van der Waals surface area contributed by atoms with Crippen molar-refractivity contribution in [1.29, 1.82) is 0 Å². The smallest absolute Gasteiger partial charge is 0.328 e. The third-order valence-electron chi connectivity index (χ3n) is 3.21. The van der Waals surface area contributed by atoms with Crippen molar-refractivity contribution in [2.45, 2.75) is 38.0 Å². The van der Waals surface area contributed by atoms with Gasteiger partial charge in [0.15, 0.2) is 0 Å². The number of esters is 1. The van der Waals surface area contributed by atoms with Crippen molar-refractivity contribution < 1.29 is 24.2 Å². The van der Waals surface area contributed by atoms with Gasteiger partial charge in [-0.2, -0.15) is 0 Å². The first-order chi connectivity index (χ1) is 9.76. The minimum Gasteiger partial charge on any atom is -0.467 e. The highest BCUT2D eigenvalue weighted by Crippen LogP contribution is 2.19. The summed E-state index contributed by atoms with van der Waals surface area (Å²) in [4.78, 5) is 36.7. The number of hydrogen-bond donors (Lipinski definition) is 2. The van der Waals surface area contributed by atoms with Gasteiger partial charge in [0.1, 0.15) is 12.1 Å². The molecule has 2 amide bonds. The van der Waals surface area contributed by atoms with Crippen molar-refractivity contribution >= 4 is 33.7 Å². The van der Waals surface area contributed by atoms with Gasteiger partial charge < -0.3 is 20.1 Å². The van der Waals surface area contributed by atoms with E-state index in [1.54, 1.807) is 0 Å². The number of rotatable bonds is 5. The molecular formula is C13H19BrN2O5. The van der Waals surface area contributed by atoms with Crippen molar-refractivity contribution in [3.8, 4) is 0 Å². The van der Waals surface area contributed by atoms with Crippen molar-refractivity contribution in [2.24, 2.45) is 0 Å². The Hall–Kier alpha value is -1.41. The van der Waals surface area contributed by atoms with E-state index in [-0.39, 0.29) is 25.3 Å². The average molecular weight is 363 g/mol. The molecule has 0 aromatic heterocycles. The molecule has 1 fully saturated rings. The van der Waals surface area contributed by atoms with E-state index in [1.165, 1.54) is 18.9 Å². The second-order valence-corrected chi connectivity index (χ2v) is 6.00. The predicted octanol–water partition coefficient (Wildman–Crippen LogP) is -0.0754. The molecule has 118 valence electrons. The Bertz CT molecular complexity index is 454. The molecule has 0 unspecified atom stereocenters. The van der Waals surface area contributed by atoms with Gasteiger partial charge in [0.25, 0.3) is 0 Å². The number of carbonyl (C=O) groups is 3. The van der Waals surface area contributed by atoms with E-state index >= 15 is 0 Å². The Balaban J connectivity index is 2.78. The minimum atomic E-state index is -0.888. The van der Waals surface area contributed by atoms with Gasteiger partial charge in [0.2, 0.25) is 11.8 Å². The van der Waals surface area contributed by atoms with Gasteiger partial charge >= 0.3 is 5.97 Å². The van der Waals surface area contributed by atoms with Crippen LogP contribution in [0.2, 0.25) is 0 Å². The highest BCUT2D eigenvalue weighted by atomic mass is 79.9. The lowest BCUT2D eigenvalue weighted by Crippen LogP contribution is -2.50. The number of methoxy groups -OCH3 is 1. The number of halogens is 1. The van der Waals surface area contributed by atoms with Gasteiger partial charge in [0, 0.05) is 26.3 Å². The van der Waals surface area contributed by atoms with Gasteiger partial charge in [-0.1, -0.05) is 22.5 Å². The summed E-state index contributed by atoms with van der Waals surface area (Å²) in [6.45, 7) is 5.07. The Kier molecular flexibility index (Phi) is 6.35. The maximum Gasteiger partial charge on any atom is 0.328 e. The molecule has 1 aliphatic heterocycles. The van der Waals surface area contributed by atoms with Gasteiger partial charge in [0.05, 0.1) is 13.2 Å². The highest BCUT2D eigenvalue weighted by molar-refractivity contribution is 9.11. The van der Waals surface area contributed by atoms with Gasteiger partial charge in [-0.15, -0.1) is 0 Å². The van der Waals surface area contributed by atoms with E-state index in [4.69, 9.17) is 0 Å². The molecule has 1 saturated heterocycles. The van der Waals surface area contributed by atoms with E-state index in [1.807, 2.05) is 0 Å². The number of likely N-dealkylation sites (tertiary alicyclic amines) is 1. The van der Waals surface area contributed by atoms with Crippen molar-refractivity contribution in [3.05, 3.63) is 11.1 Å². The van der Waals surface area contributed by atoms with Crippen LogP contribution in [0.3, 0.4) is 0 Å². The largest absolute Gasteiger partial charge is 0.467 e. The highest BCUT2D eigenvalue weighted by Gasteiger charge is 2.38. The molecule has 0 aliphatic carbocycles. The molecular weight excluding hydrogens is 344 g/mol. The summed E-state index contributed by atoms with van der Waals surface area (Å²) in [5.41, 5.74) is 0. The van der Waals surface area contributed by atoms with E-state index < -0.39 is 30.1 Å². The third kappa shape index (κ3) is 4.82. The molecule has 1 rings (SSSR count). The van der Waals surface area contributed by atoms with Crippen molar-refractivity contribution in [1.82, 2.24) is 10.2 Å². The molecule has 0 radical (unpaired) electrons. The lowest BCUT2D eigenvalue weighted by molar-refractivity contribution is -0.146. The zero-order valence-corrected chi connectivity index (χ0v) is 13.6. The number of β-amino-alcohol motifs (C(OH)–C–C–N with tert-alkyl or cyclic N) is 1. The number of ether oxygens (including phenoxy) is 1. The molecule has 1 heterocycles. The first-order valence-electron chi connectivity index (χ1n) is 6.43. The summed E-state index contributed by atoms with van der Waals surface area (Å²) < 4.78 is 5.16. The molecule has 2 N–H and O–H groups in total. The fourth-order valence-electron chi connectivity index (χ4n) is 2.24. The second-order valence-electron chi connectivity index (χ2n) is 4.88. The lowest BCUT2D eigenvalue weighted by Gasteiger charge is -2.24. The summed E-state index contributed by atoms with van der Waals surface area (Å²) in [5.74, 6) is -1.39. The number of hydrogen-bond acceptors (Lipinski definition) is 5. The number of amides is 2. The molecule has 21 heavy (non-hydrogen) atoms. The molecule has 0 aromatic rings. The molecule has 0 aromatic carbocycles. The predicted molar refractivity (Wildman–Crippen MR) is 78.4 cm³/mol. The normalized spacial score (nSPS) is 22.6. The van der Waals surface area contributed by atoms with Crippen LogP contribution in [-0.4, -0.2) is 59.6 Å². The molecule has 8 heteroatoms. The van der Waals surface area contributed by atoms with E-state index in [2.05, 4.69) is 32.6 Å². The lowest BCUT2D eigenvalue weighted by atomic mass is 10.1. The summed E-state index contributed by atoms with van der Waals surface area (Å²) in [7, 11) is 1.22. The van der Waals surface area contributed by atoms with Crippen LogP contribution < -0.4 is 5.32 Å². The van der Waals surface area contributed by atoms with Crippen LogP contribution in [0, 0.1) is 0 Å². The molecule has 0 bridgehead atoms. The SMILES string of the molecule is C=C(Br)C[C@@H](NC(=O)[C@@H]1C[C@@H](O)CN1C(C)=O)C(=O)OC. The fraction of sp³-hybridized carbons (Fsp3) is 0.615. The van der Waals surface area contributed by atoms with E-state index in [0.717, 1.165) is 0 Å². The number of aliphatic hydroxyl groups is 1. The average Bonchev–Trinajstić information content (AvgIpc) is 2.78. The Morgan fingerprint density at radius 2 is 2.14 bits per heavy atom. The molecule has 1 aliphatic rings. The van der Waals surface area contributed by atoms with E-state index in [9.17, 15) is 19.5 Å². The maximum absolute atomic E-state index is 12.2. The Morgan fingerprint density at radius 3 is 2.62 bits per heavy atom. The first kappa shape index (κ1) is 17.6. The van der Waals surface area contributed by atoms with E-state index in [0.29, 0.717) is 4.48 Å². The Labute approximate surface area is 131 Å². The van der Waals surface area contributed by atoms with Gasteiger partial charge in [-0.05, 0) is 4.48 Å². The van der Waals surface area contributed by atoms with Gasteiger partial charge in [-0.3, -0.25) is 9.59 Å². The molecule has 0 spiro atoms. The summed E-state index contributed by atoms with van der Waals surface area (Å²) >= 11 is 3.13. The molecule has 7 nitrogen and oxygen atoms in total. The first-order valence-corrected chi connectivity index (χ1v) is 7.22. The van der Waals surface area contributed by atoms with Crippen LogP contribution in [0.25, 0.3) is 0 Å². The number of nitrogens with one attached hydrogen (secondary N) is 1. The summed E-state index contributed by atoms with van der Waals surface area (Å²) in [6, 6.07) is -1.67. The van der Waals surface area contributed by atoms with Crippen molar-refractivity contribution in [2.75, 3.05) is 13.7 Å². The molecule has 3 atom stereocenters. The maximum atomic E-state index is 12.2. The number of carbonyl (C=O) groups excluding carboxylic acids is 3. The van der Waals surface area contributed by atoms with Crippen LogP contribution in [0.1, 0.15) is 19.8 Å². The van der Waals surface area contributed by atoms with Gasteiger partial charge in [-0.25, -0.2) is 4.79 Å². The zero-order valence-electron chi connectivity index (χ0n) is 12.0. The van der Waals surface area contributed by atoms with Crippen LogP contribution in [0.15, 0.2) is 11.1 Å². The second kappa shape index (κ2) is 7.56. The topological polar surface area (TPSA) is 95.9 Å². The van der Waals surface area contributed by atoms with Crippen molar-refractivity contribution in [3.63, 3.8) is 0 Å². The Morgan fingerprint density at radius 1 is 1.52 bits per heavy atom. The minimum absolute atomic E-state index is 0.113. The quantitative estimate of drug-likeness (QED) is 0.667.